The summed E-state index contributed by atoms with van der Waals surface area (Å²) in [7, 11) is -3.09. The molecular weight excluding hydrogens is 250 g/mol. The summed E-state index contributed by atoms with van der Waals surface area (Å²) < 4.78 is 30.5. The van der Waals surface area contributed by atoms with E-state index in [-0.39, 0.29) is 5.75 Å². The first-order valence-electron chi connectivity index (χ1n) is 6.18. The van der Waals surface area contributed by atoms with E-state index in [0.717, 1.165) is 16.9 Å². The lowest BCUT2D eigenvalue weighted by Gasteiger charge is -2.09. The van der Waals surface area contributed by atoms with Gasteiger partial charge in [-0.25, -0.2) is 13.1 Å². The predicted octanol–water partition coefficient (Wildman–Crippen LogP) is 1.88. The van der Waals surface area contributed by atoms with Crippen LogP contribution in [0.15, 0.2) is 18.2 Å². The van der Waals surface area contributed by atoms with E-state index in [1.165, 1.54) is 0 Å². The first-order chi connectivity index (χ1) is 8.48. The Balaban J connectivity index is 2.56. The third-order valence-corrected chi connectivity index (χ3v) is 4.06. The summed E-state index contributed by atoms with van der Waals surface area (Å²) in [6, 6.07) is 5.94. The SMILES string of the molecule is CCOc1ccc(CCNS(=O)(=O)CC)cc1C. The molecule has 1 N–H and O–H groups in total. The van der Waals surface area contributed by atoms with E-state index in [1.807, 2.05) is 32.0 Å². The predicted molar refractivity (Wildman–Crippen MR) is 73.5 cm³/mol. The van der Waals surface area contributed by atoms with Gasteiger partial charge in [-0.2, -0.15) is 0 Å². The molecule has 0 aliphatic carbocycles. The molecule has 0 amide bonds. The van der Waals surface area contributed by atoms with Crippen molar-refractivity contribution in [3.8, 4) is 5.75 Å². The summed E-state index contributed by atoms with van der Waals surface area (Å²) in [5.41, 5.74) is 2.18. The molecule has 18 heavy (non-hydrogen) atoms. The van der Waals surface area contributed by atoms with E-state index < -0.39 is 10.0 Å². The van der Waals surface area contributed by atoms with Crippen LogP contribution in [0.5, 0.6) is 5.75 Å². The van der Waals surface area contributed by atoms with Crippen molar-refractivity contribution >= 4 is 10.0 Å². The molecule has 5 heteroatoms. The molecule has 0 heterocycles. The highest BCUT2D eigenvalue weighted by Crippen LogP contribution is 2.19. The average Bonchev–Trinajstić information content (AvgIpc) is 2.32. The lowest BCUT2D eigenvalue weighted by atomic mass is 10.1. The van der Waals surface area contributed by atoms with E-state index in [0.29, 0.717) is 19.6 Å². The van der Waals surface area contributed by atoms with Crippen molar-refractivity contribution in [2.75, 3.05) is 18.9 Å². The highest BCUT2D eigenvalue weighted by molar-refractivity contribution is 7.89. The molecule has 0 saturated carbocycles. The van der Waals surface area contributed by atoms with Crippen LogP contribution in [0.3, 0.4) is 0 Å². The molecule has 0 saturated heterocycles. The first-order valence-corrected chi connectivity index (χ1v) is 7.83. The van der Waals surface area contributed by atoms with E-state index in [2.05, 4.69) is 4.72 Å². The summed E-state index contributed by atoms with van der Waals surface area (Å²) >= 11 is 0. The summed E-state index contributed by atoms with van der Waals surface area (Å²) in [5.74, 6) is 1.00. The van der Waals surface area contributed by atoms with Gasteiger partial charge >= 0.3 is 0 Å². The van der Waals surface area contributed by atoms with Gasteiger partial charge in [-0.3, -0.25) is 0 Å². The fourth-order valence-corrected chi connectivity index (χ4v) is 2.25. The van der Waals surface area contributed by atoms with Crippen molar-refractivity contribution < 1.29 is 13.2 Å². The fourth-order valence-electron chi connectivity index (χ4n) is 1.64. The minimum atomic E-state index is -3.09. The molecule has 0 spiro atoms. The van der Waals surface area contributed by atoms with Crippen LogP contribution >= 0.6 is 0 Å². The minimum absolute atomic E-state index is 0.120. The van der Waals surface area contributed by atoms with E-state index >= 15 is 0 Å². The molecule has 4 nitrogen and oxygen atoms in total. The number of hydrogen-bond acceptors (Lipinski definition) is 3. The van der Waals surface area contributed by atoms with Gasteiger partial charge in [0.2, 0.25) is 10.0 Å². The molecule has 102 valence electrons. The van der Waals surface area contributed by atoms with Crippen molar-refractivity contribution in [2.24, 2.45) is 0 Å². The van der Waals surface area contributed by atoms with Crippen LogP contribution < -0.4 is 9.46 Å². The minimum Gasteiger partial charge on any atom is -0.494 e. The normalized spacial score (nSPS) is 11.5. The largest absolute Gasteiger partial charge is 0.494 e. The van der Waals surface area contributed by atoms with Gasteiger partial charge in [0.05, 0.1) is 12.4 Å². The van der Waals surface area contributed by atoms with E-state index in [4.69, 9.17) is 4.74 Å². The Morgan fingerprint density at radius 1 is 1.28 bits per heavy atom. The van der Waals surface area contributed by atoms with E-state index in [9.17, 15) is 8.42 Å². The van der Waals surface area contributed by atoms with Crippen LogP contribution in [0.4, 0.5) is 0 Å². The smallest absolute Gasteiger partial charge is 0.211 e. The van der Waals surface area contributed by atoms with Crippen LogP contribution in [-0.2, 0) is 16.4 Å². The number of sulfonamides is 1. The zero-order valence-electron chi connectivity index (χ0n) is 11.2. The van der Waals surface area contributed by atoms with Gasteiger partial charge < -0.3 is 4.74 Å². The number of rotatable bonds is 7. The van der Waals surface area contributed by atoms with Gasteiger partial charge in [-0.15, -0.1) is 0 Å². The number of aryl methyl sites for hydroxylation is 1. The summed E-state index contributed by atoms with van der Waals surface area (Å²) in [4.78, 5) is 0. The van der Waals surface area contributed by atoms with Crippen LogP contribution in [0.1, 0.15) is 25.0 Å². The summed E-state index contributed by atoms with van der Waals surface area (Å²) in [6.45, 7) is 6.65. The zero-order chi connectivity index (χ0) is 13.6. The fraction of sp³-hybridized carbons (Fsp3) is 0.538. The molecule has 0 aliphatic heterocycles. The second-order valence-electron chi connectivity index (χ2n) is 4.08. The molecule has 0 atom stereocenters. The Morgan fingerprint density at radius 2 is 2.00 bits per heavy atom. The second-order valence-corrected chi connectivity index (χ2v) is 6.18. The van der Waals surface area contributed by atoms with Crippen molar-refractivity contribution in [3.05, 3.63) is 29.3 Å². The molecule has 1 aromatic carbocycles. The average molecular weight is 271 g/mol. The zero-order valence-corrected chi connectivity index (χ0v) is 12.0. The van der Waals surface area contributed by atoms with Gasteiger partial charge in [0.1, 0.15) is 5.75 Å². The van der Waals surface area contributed by atoms with Crippen LogP contribution in [0, 0.1) is 6.92 Å². The number of nitrogens with one attached hydrogen (secondary N) is 1. The van der Waals surface area contributed by atoms with Gasteiger partial charge in [0.15, 0.2) is 0 Å². The van der Waals surface area contributed by atoms with Crippen LogP contribution in [-0.4, -0.2) is 27.3 Å². The third kappa shape index (κ3) is 4.66. The maximum Gasteiger partial charge on any atom is 0.211 e. The summed E-state index contributed by atoms with van der Waals surface area (Å²) in [6.07, 6.45) is 0.687. The first kappa shape index (κ1) is 15.0. The van der Waals surface area contributed by atoms with Crippen LogP contribution in [0.25, 0.3) is 0 Å². The highest BCUT2D eigenvalue weighted by atomic mass is 32.2. The Kier molecular flexibility index (Phi) is 5.62. The monoisotopic (exact) mass is 271 g/mol. The lowest BCUT2D eigenvalue weighted by molar-refractivity contribution is 0.338. The van der Waals surface area contributed by atoms with Crippen molar-refractivity contribution in [2.45, 2.75) is 27.2 Å². The highest BCUT2D eigenvalue weighted by Gasteiger charge is 2.06. The van der Waals surface area contributed by atoms with Crippen molar-refractivity contribution in [1.29, 1.82) is 0 Å². The number of benzene rings is 1. The molecule has 0 radical (unpaired) electrons. The third-order valence-electron chi connectivity index (χ3n) is 2.65. The molecule has 0 aromatic heterocycles. The second kappa shape index (κ2) is 6.75. The molecule has 1 aromatic rings. The van der Waals surface area contributed by atoms with Gasteiger partial charge in [0.25, 0.3) is 0 Å². The van der Waals surface area contributed by atoms with Gasteiger partial charge in [0, 0.05) is 6.54 Å². The van der Waals surface area contributed by atoms with Gasteiger partial charge in [-0.1, -0.05) is 12.1 Å². The molecule has 1 rings (SSSR count). The Morgan fingerprint density at radius 3 is 2.56 bits per heavy atom. The van der Waals surface area contributed by atoms with E-state index in [1.54, 1.807) is 6.92 Å². The maximum absolute atomic E-state index is 11.3. The van der Waals surface area contributed by atoms with Crippen molar-refractivity contribution in [1.82, 2.24) is 4.72 Å². The Labute approximate surface area is 109 Å². The Hall–Kier alpha value is -1.07. The standard InChI is InChI=1S/C13H21NO3S/c1-4-17-13-7-6-12(10-11(13)3)8-9-14-18(15,16)5-2/h6-7,10,14H,4-5,8-9H2,1-3H3. The molecular formula is C13H21NO3S. The molecule has 0 aliphatic rings. The molecule has 0 bridgehead atoms. The topological polar surface area (TPSA) is 55.4 Å². The Bertz CT molecular complexity index is 483. The lowest BCUT2D eigenvalue weighted by Crippen LogP contribution is -2.27. The molecule has 0 fully saturated rings. The molecule has 0 unspecified atom stereocenters. The summed E-state index contributed by atoms with van der Waals surface area (Å²) in [5, 5.41) is 0. The van der Waals surface area contributed by atoms with Crippen LogP contribution in [0.2, 0.25) is 0 Å². The number of hydrogen-bond donors (Lipinski definition) is 1. The maximum atomic E-state index is 11.3. The van der Waals surface area contributed by atoms with Gasteiger partial charge in [-0.05, 0) is 44.4 Å². The number of ether oxygens (including phenoxy) is 1. The quantitative estimate of drug-likeness (QED) is 0.823. The van der Waals surface area contributed by atoms with Crippen molar-refractivity contribution in [3.63, 3.8) is 0 Å².